The number of anilines is 1. The molecular weight excluding hydrogens is 254 g/mol. The van der Waals surface area contributed by atoms with Crippen molar-refractivity contribution in [1.82, 2.24) is 20.0 Å². The number of nitrogen functional groups attached to an aromatic ring is 1. The Morgan fingerprint density at radius 1 is 1.55 bits per heavy atom. The fraction of sp³-hybridized carbons (Fsp3) is 0.714. The molecule has 2 heterocycles. The van der Waals surface area contributed by atoms with Crippen LogP contribution in [0.1, 0.15) is 35.9 Å². The Kier molecular flexibility index (Phi) is 4.65. The summed E-state index contributed by atoms with van der Waals surface area (Å²) in [4.78, 5) is 14.6. The van der Waals surface area contributed by atoms with E-state index >= 15 is 0 Å². The Morgan fingerprint density at radius 2 is 2.30 bits per heavy atom. The van der Waals surface area contributed by atoms with Gasteiger partial charge in [0.1, 0.15) is 5.69 Å². The number of rotatable bonds is 4. The quantitative estimate of drug-likeness (QED) is 0.857. The number of piperidine rings is 1. The fourth-order valence-electron chi connectivity index (χ4n) is 2.82. The minimum atomic E-state index is -0.113. The number of aryl methyl sites for hydroxylation is 2. The third-order valence-corrected chi connectivity index (χ3v) is 3.96. The first-order valence-electron chi connectivity index (χ1n) is 7.32. The van der Waals surface area contributed by atoms with E-state index in [0.29, 0.717) is 30.4 Å². The van der Waals surface area contributed by atoms with Crippen molar-refractivity contribution in [2.75, 3.05) is 32.4 Å². The van der Waals surface area contributed by atoms with Crippen molar-refractivity contribution >= 4 is 11.6 Å². The number of likely N-dealkylation sites (tertiary alicyclic amines) is 1. The maximum atomic E-state index is 12.3. The van der Waals surface area contributed by atoms with Gasteiger partial charge in [-0.15, -0.1) is 0 Å². The third kappa shape index (κ3) is 3.12. The minimum Gasteiger partial charge on any atom is -0.395 e. The Bertz CT molecular complexity index is 482. The molecule has 1 unspecified atom stereocenters. The molecule has 0 radical (unpaired) electrons. The van der Waals surface area contributed by atoms with Crippen LogP contribution in [0.25, 0.3) is 0 Å². The number of aromatic nitrogens is 2. The summed E-state index contributed by atoms with van der Waals surface area (Å²) in [6, 6.07) is 0. The molecule has 0 saturated carbocycles. The zero-order chi connectivity index (χ0) is 14.7. The van der Waals surface area contributed by atoms with Crippen LogP contribution >= 0.6 is 0 Å². The van der Waals surface area contributed by atoms with Crippen molar-refractivity contribution in [2.45, 2.75) is 33.2 Å². The van der Waals surface area contributed by atoms with Gasteiger partial charge in [0, 0.05) is 19.6 Å². The molecule has 112 valence electrons. The first-order chi connectivity index (χ1) is 9.52. The second-order valence-electron chi connectivity index (χ2n) is 5.64. The predicted molar refractivity (Wildman–Crippen MR) is 79.6 cm³/mol. The third-order valence-electron chi connectivity index (χ3n) is 3.96. The molecule has 1 fully saturated rings. The van der Waals surface area contributed by atoms with Gasteiger partial charge in [0.05, 0.1) is 11.4 Å². The van der Waals surface area contributed by atoms with Crippen molar-refractivity contribution in [3.63, 3.8) is 0 Å². The lowest BCUT2D eigenvalue weighted by atomic mass is 9.98. The van der Waals surface area contributed by atoms with Crippen LogP contribution in [0, 0.1) is 12.8 Å². The molecule has 1 atom stereocenters. The van der Waals surface area contributed by atoms with Gasteiger partial charge in [-0.25, -0.2) is 0 Å². The van der Waals surface area contributed by atoms with Crippen molar-refractivity contribution in [3.05, 3.63) is 11.4 Å². The molecule has 1 aliphatic rings. The lowest BCUT2D eigenvalue weighted by Crippen LogP contribution is -2.39. The van der Waals surface area contributed by atoms with Crippen molar-refractivity contribution in [1.29, 1.82) is 0 Å². The highest BCUT2D eigenvalue weighted by Gasteiger charge is 2.21. The van der Waals surface area contributed by atoms with Crippen molar-refractivity contribution in [2.24, 2.45) is 5.92 Å². The Hall–Kier alpha value is -1.56. The molecule has 0 aliphatic carbocycles. The second-order valence-corrected chi connectivity index (χ2v) is 5.64. The molecule has 0 bridgehead atoms. The van der Waals surface area contributed by atoms with Gasteiger partial charge in [0.2, 0.25) is 0 Å². The maximum absolute atomic E-state index is 12.3. The van der Waals surface area contributed by atoms with E-state index in [1.807, 2.05) is 13.8 Å². The number of nitrogens with two attached hydrogens (primary N) is 1. The summed E-state index contributed by atoms with van der Waals surface area (Å²) < 4.78 is 1.67. The smallest absolute Gasteiger partial charge is 0.271 e. The Labute approximate surface area is 120 Å². The first kappa shape index (κ1) is 14.8. The number of amides is 1. The molecule has 6 heteroatoms. The number of hydrogen-bond acceptors (Lipinski definition) is 4. The number of hydrogen-bond donors (Lipinski definition) is 2. The Balaban J connectivity index is 1.98. The average molecular weight is 279 g/mol. The Morgan fingerprint density at radius 3 is 2.95 bits per heavy atom. The van der Waals surface area contributed by atoms with Crippen LogP contribution in [0.3, 0.4) is 0 Å². The molecule has 6 nitrogen and oxygen atoms in total. The van der Waals surface area contributed by atoms with Gasteiger partial charge in [0.15, 0.2) is 0 Å². The molecule has 20 heavy (non-hydrogen) atoms. The SMILES string of the molecule is CCn1nc(C)c(N)c1C(=O)NCC1CCCN(C)C1. The summed E-state index contributed by atoms with van der Waals surface area (Å²) >= 11 is 0. The highest BCUT2D eigenvalue weighted by molar-refractivity contribution is 5.97. The fourth-order valence-corrected chi connectivity index (χ4v) is 2.82. The molecule has 3 N–H and O–H groups in total. The number of carbonyl (C=O) groups is 1. The van der Waals surface area contributed by atoms with Gasteiger partial charge in [-0.1, -0.05) is 0 Å². The normalized spacial score (nSPS) is 20.1. The topological polar surface area (TPSA) is 76.2 Å². The summed E-state index contributed by atoms with van der Waals surface area (Å²) in [7, 11) is 2.13. The zero-order valence-electron chi connectivity index (χ0n) is 12.6. The largest absolute Gasteiger partial charge is 0.395 e. The molecule has 1 aromatic rings. The molecule has 1 saturated heterocycles. The monoisotopic (exact) mass is 279 g/mol. The van der Waals surface area contributed by atoms with Crippen molar-refractivity contribution < 1.29 is 4.79 Å². The van der Waals surface area contributed by atoms with Crippen LogP contribution in [0.2, 0.25) is 0 Å². The first-order valence-corrected chi connectivity index (χ1v) is 7.32. The van der Waals surface area contributed by atoms with E-state index in [2.05, 4.69) is 22.4 Å². The lowest BCUT2D eigenvalue weighted by Gasteiger charge is -2.29. The summed E-state index contributed by atoms with van der Waals surface area (Å²) in [6.07, 6.45) is 2.37. The van der Waals surface area contributed by atoms with Gasteiger partial charge < -0.3 is 16.0 Å². The summed E-state index contributed by atoms with van der Waals surface area (Å²) in [5, 5.41) is 7.29. The number of carbonyl (C=O) groups excluding carboxylic acids is 1. The number of nitrogens with one attached hydrogen (secondary N) is 1. The van der Waals surface area contributed by atoms with Crippen LogP contribution < -0.4 is 11.1 Å². The van der Waals surface area contributed by atoms with Crippen LogP contribution in [-0.2, 0) is 6.54 Å². The molecule has 0 aromatic carbocycles. The minimum absolute atomic E-state index is 0.113. The summed E-state index contributed by atoms with van der Waals surface area (Å²) in [6.45, 7) is 7.33. The molecule has 1 aliphatic heterocycles. The zero-order valence-corrected chi connectivity index (χ0v) is 12.6. The molecule has 1 aromatic heterocycles. The van der Waals surface area contributed by atoms with E-state index in [0.717, 1.165) is 18.8 Å². The van der Waals surface area contributed by atoms with Crippen LogP contribution in [0.4, 0.5) is 5.69 Å². The van der Waals surface area contributed by atoms with Gasteiger partial charge >= 0.3 is 0 Å². The van der Waals surface area contributed by atoms with Crippen LogP contribution in [-0.4, -0.2) is 47.3 Å². The molecule has 1 amide bonds. The van der Waals surface area contributed by atoms with E-state index in [9.17, 15) is 4.79 Å². The predicted octanol–water partition coefficient (Wildman–Crippen LogP) is 0.865. The summed E-state index contributed by atoms with van der Waals surface area (Å²) in [5.41, 5.74) is 7.66. The highest BCUT2D eigenvalue weighted by Crippen LogP contribution is 2.17. The van der Waals surface area contributed by atoms with E-state index < -0.39 is 0 Å². The van der Waals surface area contributed by atoms with Gasteiger partial charge in [-0.05, 0) is 46.2 Å². The van der Waals surface area contributed by atoms with Crippen LogP contribution in [0.15, 0.2) is 0 Å². The lowest BCUT2D eigenvalue weighted by molar-refractivity contribution is 0.0927. The van der Waals surface area contributed by atoms with E-state index in [-0.39, 0.29) is 5.91 Å². The second kappa shape index (κ2) is 6.26. The number of nitrogens with zero attached hydrogens (tertiary/aromatic N) is 3. The van der Waals surface area contributed by atoms with Gasteiger partial charge in [-0.3, -0.25) is 9.48 Å². The molecule has 0 spiro atoms. The standard InChI is InChI=1S/C14H25N5O/c1-4-19-13(12(15)10(2)17-19)14(20)16-8-11-6-5-7-18(3)9-11/h11H,4-9,15H2,1-3H3,(H,16,20). The van der Waals surface area contributed by atoms with Gasteiger partial charge in [0.25, 0.3) is 5.91 Å². The summed E-state index contributed by atoms with van der Waals surface area (Å²) in [5.74, 6) is 0.413. The maximum Gasteiger partial charge on any atom is 0.271 e. The molecular formula is C14H25N5O. The van der Waals surface area contributed by atoms with Crippen molar-refractivity contribution in [3.8, 4) is 0 Å². The molecule has 2 rings (SSSR count). The van der Waals surface area contributed by atoms with E-state index in [1.165, 1.54) is 12.8 Å². The highest BCUT2D eigenvalue weighted by atomic mass is 16.2. The average Bonchev–Trinajstić information content (AvgIpc) is 2.72. The van der Waals surface area contributed by atoms with E-state index in [4.69, 9.17) is 5.73 Å². The van der Waals surface area contributed by atoms with Gasteiger partial charge in [-0.2, -0.15) is 5.10 Å². The van der Waals surface area contributed by atoms with Crippen LogP contribution in [0.5, 0.6) is 0 Å². The van der Waals surface area contributed by atoms with E-state index in [1.54, 1.807) is 4.68 Å².